The third-order valence-corrected chi connectivity index (χ3v) is 5.92. The van der Waals surface area contributed by atoms with Crippen molar-refractivity contribution in [2.24, 2.45) is 0 Å². The Bertz CT molecular complexity index is 938. The maximum absolute atomic E-state index is 13.8. The summed E-state index contributed by atoms with van der Waals surface area (Å²) in [7, 11) is -1.56. The standard InChI is InChI=1S/C16H14BrClFNO5S/c1-20(24-2)26(22,23)12-5-6-14(18)13(8-12)16(21)25-9-10-3-4-11(17)7-15(10)19/h3-8H,9H2,1-2H3. The van der Waals surface area contributed by atoms with Crippen molar-refractivity contribution in [1.82, 2.24) is 4.47 Å². The van der Waals surface area contributed by atoms with E-state index in [4.69, 9.17) is 16.3 Å². The van der Waals surface area contributed by atoms with Crippen LogP contribution in [-0.2, 0) is 26.2 Å². The highest BCUT2D eigenvalue weighted by Gasteiger charge is 2.24. The lowest BCUT2D eigenvalue weighted by Gasteiger charge is -2.15. The number of benzene rings is 2. The summed E-state index contributed by atoms with van der Waals surface area (Å²) in [4.78, 5) is 16.7. The average molecular weight is 467 g/mol. The van der Waals surface area contributed by atoms with E-state index in [9.17, 15) is 17.6 Å². The molecule has 0 radical (unpaired) electrons. The molecule has 26 heavy (non-hydrogen) atoms. The summed E-state index contributed by atoms with van der Waals surface area (Å²) < 4.78 is 44.5. The Morgan fingerprint density at radius 2 is 1.96 bits per heavy atom. The number of hydrogen-bond donors (Lipinski definition) is 0. The van der Waals surface area contributed by atoms with Crippen LogP contribution in [0.2, 0.25) is 5.02 Å². The quantitative estimate of drug-likeness (QED) is 0.478. The van der Waals surface area contributed by atoms with E-state index in [-0.39, 0.29) is 27.7 Å². The largest absolute Gasteiger partial charge is 0.457 e. The van der Waals surface area contributed by atoms with Gasteiger partial charge in [0, 0.05) is 17.1 Å². The minimum atomic E-state index is -3.96. The van der Waals surface area contributed by atoms with Gasteiger partial charge in [0.1, 0.15) is 12.4 Å². The fraction of sp³-hybridized carbons (Fsp3) is 0.188. The molecule has 0 unspecified atom stereocenters. The van der Waals surface area contributed by atoms with Crippen LogP contribution in [0, 0.1) is 5.82 Å². The van der Waals surface area contributed by atoms with Crippen molar-refractivity contribution < 1.29 is 27.2 Å². The fourth-order valence-corrected chi connectivity index (χ4v) is 3.46. The highest BCUT2D eigenvalue weighted by molar-refractivity contribution is 9.10. The summed E-state index contributed by atoms with van der Waals surface area (Å²) in [5.74, 6) is -1.43. The molecule has 0 aromatic heterocycles. The number of carbonyl (C=O) groups is 1. The molecule has 2 aromatic carbocycles. The highest BCUT2D eigenvalue weighted by Crippen LogP contribution is 2.24. The van der Waals surface area contributed by atoms with Gasteiger partial charge in [0.25, 0.3) is 10.0 Å². The van der Waals surface area contributed by atoms with Crippen LogP contribution in [0.1, 0.15) is 15.9 Å². The van der Waals surface area contributed by atoms with Gasteiger partial charge in [-0.25, -0.2) is 17.6 Å². The molecular formula is C16H14BrClFNO5S. The Labute approximate surface area is 163 Å². The van der Waals surface area contributed by atoms with Crippen LogP contribution in [0.4, 0.5) is 4.39 Å². The van der Waals surface area contributed by atoms with Crippen LogP contribution >= 0.6 is 27.5 Å². The van der Waals surface area contributed by atoms with Crippen molar-refractivity contribution in [3.63, 3.8) is 0 Å². The monoisotopic (exact) mass is 465 g/mol. The first kappa shape index (κ1) is 20.8. The predicted octanol–water partition coefficient (Wildman–Crippen LogP) is 3.78. The maximum atomic E-state index is 13.8. The smallest absolute Gasteiger partial charge is 0.340 e. The first-order chi connectivity index (χ1) is 12.2. The van der Waals surface area contributed by atoms with Gasteiger partial charge < -0.3 is 4.74 Å². The lowest BCUT2D eigenvalue weighted by molar-refractivity contribution is -0.0258. The van der Waals surface area contributed by atoms with E-state index in [1.165, 1.54) is 38.4 Å². The van der Waals surface area contributed by atoms with E-state index in [2.05, 4.69) is 20.8 Å². The fourth-order valence-electron chi connectivity index (χ4n) is 1.93. The number of carbonyl (C=O) groups excluding carboxylic acids is 1. The van der Waals surface area contributed by atoms with Crippen molar-refractivity contribution in [3.05, 3.63) is 62.8 Å². The van der Waals surface area contributed by atoms with Gasteiger partial charge in [0.05, 0.1) is 22.6 Å². The molecule has 0 bridgehead atoms. The van der Waals surface area contributed by atoms with Gasteiger partial charge in [-0.3, -0.25) is 4.84 Å². The van der Waals surface area contributed by atoms with Gasteiger partial charge in [-0.2, -0.15) is 0 Å². The second-order valence-corrected chi connectivity index (χ2v) is 8.31. The Balaban J connectivity index is 2.25. The molecule has 0 aliphatic carbocycles. The molecule has 0 aliphatic heterocycles. The number of ether oxygens (including phenoxy) is 1. The molecule has 6 nitrogen and oxygen atoms in total. The normalized spacial score (nSPS) is 11.6. The van der Waals surface area contributed by atoms with Crippen LogP contribution < -0.4 is 0 Å². The van der Waals surface area contributed by atoms with Crippen molar-refractivity contribution >= 4 is 43.5 Å². The Morgan fingerprint density at radius 3 is 2.58 bits per heavy atom. The van der Waals surface area contributed by atoms with Gasteiger partial charge in [0.2, 0.25) is 0 Å². The van der Waals surface area contributed by atoms with Crippen LogP contribution in [0.5, 0.6) is 0 Å². The van der Waals surface area contributed by atoms with E-state index >= 15 is 0 Å². The summed E-state index contributed by atoms with van der Waals surface area (Å²) in [5.41, 5.74) is 0.00956. The Hall–Kier alpha value is -1.52. The van der Waals surface area contributed by atoms with E-state index in [1.54, 1.807) is 6.07 Å². The molecule has 0 atom stereocenters. The van der Waals surface area contributed by atoms with Crippen LogP contribution in [-0.4, -0.2) is 33.0 Å². The van der Waals surface area contributed by atoms with E-state index < -0.39 is 21.8 Å². The summed E-state index contributed by atoms with van der Waals surface area (Å²) in [6.07, 6.45) is 0. The number of hydrogen-bond acceptors (Lipinski definition) is 5. The molecule has 0 N–H and O–H groups in total. The molecule has 0 saturated heterocycles. The lowest BCUT2D eigenvalue weighted by Crippen LogP contribution is -2.26. The highest BCUT2D eigenvalue weighted by atomic mass is 79.9. The molecule has 140 valence electrons. The summed E-state index contributed by atoms with van der Waals surface area (Å²) >= 11 is 9.10. The van der Waals surface area contributed by atoms with Crippen LogP contribution in [0.25, 0.3) is 0 Å². The van der Waals surface area contributed by atoms with Gasteiger partial charge >= 0.3 is 5.97 Å². The number of rotatable bonds is 6. The first-order valence-corrected chi connectivity index (χ1v) is 9.71. The van der Waals surface area contributed by atoms with Gasteiger partial charge in [-0.05, 0) is 30.3 Å². The second-order valence-electron chi connectivity index (χ2n) is 5.05. The molecule has 0 aliphatic rings. The van der Waals surface area contributed by atoms with Crippen molar-refractivity contribution in [1.29, 1.82) is 0 Å². The SMILES string of the molecule is CON(C)S(=O)(=O)c1ccc(Cl)c(C(=O)OCc2ccc(Br)cc2F)c1. The molecule has 0 fully saturated rings. The lowest BCUT2D eigenvalue weighted by atomic mass is 10.2. The number of halogens is 3. The topological polar surface area (TPSA) is 72.9 Å². The van der Waals surface area contributed by atoms with E-state index in [1.807, 2.05) is 0 Å². The summed E-state index contributed by atoms with van der Waals surface area (Å²) in [6.45, 7) is -0.330. The number of hydroxylamine groups is 1. The number of nitrogens with zero attached hydrogens (tertiary/aromatic N) is 1. The first-order valence-electron chi connectivity index (χ1n) is 7.10. The second kappa shape index (κ2) is 8.45. The molecule has 10 heteroatoms. The maximum Gasteiger partial charge on any atom is 0.340 e. The molecule has 2 aromatic rings. The van der Waals surface area contributed by atoms with E-state index in [0.717, 1.165) is 6.07 Å². The zero-order valence-corrected chi connectivity index (χ0v) is 16.9. The minimum Gasteiger partial charge on any atom is -0.457 e. The molecule has 2 rings (SSSR count). The third-order valence-electron chi connectivity index (χ3n) is 3.43. The molecule has 0 spiro atoms. The summed E-state index contributed by atoms with van der Waals surface area (Å²) in [6, 6.07) is 7.88. The summed E-state index contributed by atoms with van der Waals surface area (Å²) in [5, 5.41) is 0.00491. The van der Waals surface area contributed by atoms with Crippen LogP contribution in [0.3, 0.4) is 0 Å². The van der Waals surface area contributed by atoms with Crippen molar-refractivity contribution in [3.8, 4) is 0 Å². The van der Waals surface area contributed by atoms with Gasteiger partial charge in [-0.15, -0.1) is 0 Å². The van der Waals surface area contributed by atoms with Gasteiger partial charge in [-0.1, -0.05) is 38.1 Å². The molecule has 0 amide bonds. The van der Waals surface area contributed by atoms with Gasteiger partial charge in [0.15, 0.2) is 0 Å². The van der Waals surface area contributed by atoms with Crippen molar-refractivity contribution in [2.45, 2.75) is 11.5 Å². The molecule has 0 heterocycles. The van der Waals surface area contributed by atoms with Crippen LogP contribution in [0.15, 0.2) is 45.8 Å². The van der Waals surface area contributed by atoms with Crippen molar-refractivity contribution in [2.75, 3.05) is 14.2 Å². The molecule has 0 saturated carbocycles. The molecular weight excluding hydrogens is 453 g/mol. The predicted molar refractivity (Wildman–Crippen MR) is 96.6 cm³/mol. The zero-order chi connectivity index (χ0) is 19.5. The average Bonchev–Trinajstić information content (AvgIpc) is 2.60. The Kier molecular flexibility index (Phi) is 6.75. The zero-order valence-electron chi connectivity index (χ0n) is 13.7. The van der Waals surface area contributed by atoms with E-state index in [0.29, 0.717) is 8.94 Å². The minimum absolute atomic E-state index is 0.00491. The Morgan fingerprint density at radius 1 is 1.27 bits per heavy atom. The number of sulfonamides is 1. The number of esters is 1. The third kappa shape index (κ3) is 4.60.